The first-order valence-corrected chi connectivity index (χ1v) is 7.21. The largest absolute Gasteiger partial charge is 0.493 e. The number of aldehydes is 1. The number of halogens is 1. The summed E-state index contributed by atoms with van der Waals surface area (Å²) in [5.74, 6) is 0.764. The number of carbonyl (C=O) groups is 1. The smallest absolute Gasteiger partial charge is 0.123 e. The monoisotopic (exact) mass is 282 g/mol. The highest BCUT2D eigenvalue weighted by Crippen LogP contribution is 2.60. The Hall–Kier alpha value is -2.16. The number of ether oxygens (including phenoxy) is 1. The lowest BCUT2D eigenvalue weighted by molar-refractivity contribution is -0.109. The third-order valence-corrected chi connectivity index (χ3v) is 4.80. The second-order valence-electron chi connectivity index (χ2n) is 5.92. The molecular formula is C18H15FO2. The van der Waals surface area contributed by atoms with E-state index in [9.17, 15) is 9.18 Å². The van der Waals surface area contributed by atoms with Crippen LogP contribution in [0.5, 0.6) is 5.75 Å². The molecule has 1 saturated carbocycles. The van der Waals surface area contributed by atoms with Crippen LogP contribution in [-0.2, 0) is 10.2 Å². The summed E-state index contributed by atoms with van der Waals surface area (Å²) in [6.07, 6.45) is 2.88. The summed E-state index contributed by atoms with van der Waals surface area (Å²) in [6, 6.07) is 12.5. The van der Waals surface area contributed by atoms with Crippen LogP contribution in [0.2, 0.25) is 0 Å². The van der Waals surface area contributed by atoms with E-state index in [1.54, 1.807) is 12.1 Å². The Kier molecular flexibility index (Phi) is 2.64. The van der Waals surface area contributed by atoms with Gasteiger partial charge in [-0.15, -0.1) is 0 Å². The molecule has 1 aliphatic heterocycles. The van der Waals surface area contributed by atoms with Crippen molar-refractivity contribution >= 4 is 6.29 Å². The topological polar surface area (TPSA) is 26.3 Å². The van der Waals surface area contributed by atoms with Crippen molar-refractivity contribution in [3.05, 3.63) is 53.8 Å². The van der Waals surface area contributed by atoms with Crippen molar-refractivity contribution in [1.82, 2.24) is 0 Å². The minimum atomic E-state index is -0.236. The molecule has 1 spiro atoms. The Morgan fingerprint density at radius 1 is 1.14 bits per heavy atom. The zero-order valence-electron chi connectivity index (χ0n) is 11.5. The summed E-state index contributed by atoms with van der Waals surface area (Å²) < 4.78 is 18.8. The highest BCUT2D eigenvalue weighted by atomic mass is 19.1. The van der Waals surface area contributed by atoms with Gasteiger partial charge in [0.05, 0.1) is 6.61 Å². The molecule has 2 nitrogen and oxygen atoms in total. The van der Waals surface area contributed by atoms with Crippen LogP contribution in [-0.4, -0.2) is 12.9 Å². The normalized spacial score (nSPS) is 26.0. The molecule has 1 heterocycles. The molecule has 2 aromatic rings. The lowest BCUT2D eigenvalue weighted by Crippen LogP contribution is -2.22. The van der Waals surface area contributed by atoms with Gasteiger partial charge < -0.3 is 9.53 Å². The molecule has 4 rings (SSSR count). The Labute approximate surface area is 122 Å². The van der Waals surface area contributed by atoms with Crippen LogP contribution in [0.1, 0.15) is 18.4 Å². The summed E-state index contributed by atoms with van der Waals surface area (Å²) in [5, 5.41) is 0. The summed E-state index contributed by atoms with van der Waals surface area (Å²) in [5.41, 5.74) is 3.12. The Balaban J connectivity index is 1.79. The van der Waals surface area contributed by atoms with E-state index in [1.807, 2.05) is 12.1 Å². The lowest BCUT2D eigenvalue weighted by Gasteiger charge is -2.27. The van der Waals surface area contributed by atoms with Gasteiger partial charge in [0, 0.05) is 16.9 Å². The second-order valence-corrected chi connectivity index (χ2v) is 5.92. The van der Waals surface area contributed by atoms with Gasteiger partial charge in [-0.2, -0.15) is 0 Å². The van der Waals surface area contributed by atoms with Crippen LogP contribution in [0.4, 0.5) is 4.39 Å². The number of hydrogen-bond donors (Lipinski definition) is 0. The molecule has 0 amide bonds. The molecule has 0 bridgehead atoms. The van der Waals surface area contributed by atoms with Gasteiger partial charge in [0.1, 0.15) is 17.9 Å². The van der Waals surface area contributed by atoms with Crippen LogP contribution in [0, 0.1) is 11.7 Å². The fourth-order valence-corrected chi connectivity index (χ4v) is 3.45. The minimum absolute atomic E-state index is 0.0224. The van der Waals surface area contributed by atoms with Crippen molar-refractivity contribution in [1.29, 1.82) is 0 Å². The van der Waals surface area contributed by atoms with Gasteiger partial charge in [-0.3, -0.25) is 0 Å². The van der Waals surface area contributed by atoms with Gasteiger partial charge >= 0.3 is 0 Å². The predicted octanol–water partition coefficient (Wildman–Crippen LogP) is 3.73. The molecule has 2 aliphatic rings. The van der Waals surface area contributed by atoms with Crippen molar-refractivity contribution < 1.29 is 13.9 Å². The first-order valence-electron chi connectivity index (χ1n) is 7.21. The molecular weight excluding hydrogens is 267 g/mol. The number of rotatable bonds is 2. The average molecular weight is 282 g/mol. The van der Waals surface area contributed by atoms with Crippen molar-refractivity contribution in [2.75, 3.05) is 6.61 Å². The quantitative estimate of drug-likeness (QED) is 0.784. The minimum Gasteiger partial charge on any atom is -0.493 e. The number of hydrogen-bond acceptors (Lipinski definition) is 2. The number of carbonyl (C=O) groups excluding carboxylic acids is 1. The molecule has 21 heavy (non-hydrogen) atoms. The highest BCUT2D eigenvalue weighted by molar-refractivity contribution is 5.71. The highest BCUT2D eigenvalue weighted by Gasteiger charge is 2.57. The molecule has 0 radical (unpaired) electrons. The zero-order chi connectivity index (χ0) is 14.4. The molecule has 0 aromatic heterocycles. The molecule has 106 valence electrons. The molecule has 2 unspecified atom stereocenters. The van der Waals surface area contributed by atoms with E-state index in [0.29, 0.717) is 6.61 Å². The summed E-state index contributed by atoms with van der Waals surface area (Å²) in [4.78, 5) is 11.2. The third kappa shape index (κ3) is 1.88. The van der Waals surface area contributed by atoms with Crippen LogP contribution in [0.25, 0.3) is 11.1 Å². The van der Waals surface area contributed by atoms with Gasteiger partial charge in [0.25, 0.3) is 0 Å². The van der Waals surface area contributed by atoms with Crippen molar-refractivity contribution in [2.45, 2.75) is 18.3 Å². The molecule has 2 aromatic carbocycles. The van der Waals surface area contributed by atoms with Gasteiger partial charge in [-0.05, 0) is 48.2 Å². The van der Waals surface area contributed by atoms with Crippen molar-refractivity contribution in [2.24, 2.45) is 5.92 Å². The number of fused-ring (bicyclic) bond motifs is 2. The third-order valence-electron chi connectivity index (χ3n) is 4.80. The van der Waals surface area contributed by atoms with Crippen molar-refractivity contribution in [3.8, 4) is 16.9 Å². The maximum atomic E-state index is 13.0. The second kappa shape index (κ2) is 4.42. The molecule has 0 N–H and O–H groups in total. The summed E-state index contributed by atoms with van der Waals surface area (Å²) >= 11 is 0. The SMILES string of the molecule is O=CC1CC12CCOc1ccc(-c3ccc(F)cc3)cc12. The lowest BCUT2D eigenvalue weighted by atomic mass is 9.86. The average Bonchev–Trinajstić information content (AvgIpc) is 3.22. The van der Waals surface area contributed by atoms with E-state index in [4.69, 9.17) is 4.74 Å². The van der Waals surface area contributed by atoms with Gasteiger partial charge in [-0.25, -0.2) is 4.39 Å². The van der Waals surface area contributed by atoms with Crippen LogP contribution < -0.4 is 4.74 Å². The summed E-state index contributed by atoms with van der Waals surface area (Å²) in [7, 11) is 0. The fourth-order valence-electron chi connectivity index (χ4n) is 3.45. The fraction of sp³-hybridized carbons (Fsp3) is 0.278. The van der Waals surface area contributed by atoms with E-state index in [0.717, 1.165) is 41.6 Å². The van der Waals surface area contributed by atoms with Crippen molar-refractivity contribution in [3.63, 3.8) is 0 Å². The first-order chi connectivity index (χ1) is 10.2. The van der Waals surface area contributed by atoms with Gasteiger partial charge in [-0.1, -0.05) is 18.2 Å². The molecule has 0 saturated heterocycles. The maximum Gasteiger partial charge on any atom is 0.123 e. The van der Waals surface area contributed by atoms with E-state index >= 15 is 0 Å². The van der Waals surface area contributed by atoms with E-state index in [2.05, 4.69) is 6.07 Å². The Bertz CT molecular complexity index is 708. The Morgan fingerprint density at radius 3 is 2.62 bits per heavy atom. The van der Waals surface area contributed by atoms with E-state index in [-0.39, 0.29) is 17.2 Å². The van der Waals surface area contributed by atoms with Gasteiger partial charge in [0.2, 0.25) is 0 Å². The number of benzene rings is 2. The Morgan fingerprint density at radius 2 is 1.90 bits per heavy atom. The molecule has 3 heteroatoms. The zero-order valence-corrected chi connectivity index (χ0v) is 11.5. The molecule has 2 atom stereocenters. The van der Waals surface area contributed by atoms with E-state index in [1.165, 1.54) is 12.1 Å². The van der Waals surface area contributed by atoms with Crippen LogP contribution in [0.3, 0.4) is 0 Å². The first kappa shape index (κ1) is 12.6. The van der Waals surface area contributed by atoms with Crippen LogP contribution >= 0.6 is 0 Å². The van der Waals surface area contributed by atoms with E-state index < -0.39 is 0 Å². The van der Waals surface area contributed by atoms with Crippen LogP contribution in [0.15, 0.2) is 42.5 Å². The molecule has 1 aliphatic carbocycles. The standard InChI is InChI=1S/C18H15FO2/c19-15-4-1-12(2-5-15)13-3-6-17-16(9-13)18(7-8-21-17)10-14(18)11-20/h1-6,9,11,14H,7-8,10H2. The maximum absolute atomic E-state index is 13.0. The van der Waals surface area contributed by atoms with Gasteiger partial charge in [0.15, 0.2) is 0 Å². The molecule has 1 fully saturated rings. The summed E-state index contributed by atoms with van der Waals surface area (Å²) in [6.45, 7) is 0.674. The predicted molar refractivity (Wildman–Crippen MR) is 77.8 cm³/mol.